The van der Waals surface area contributed by atoms with Crippen molar-refractivity contribution in [2.24, 2.45) is 0 Å². The molecule has 122 valence electrons. The molecule has 0 aliphatic carbocycles. The zero-order valence-electron chi connectivity index (χ0n) is 12.1. The number of carbonyl (C=O) groups excluding carboxylic acids is 2. The highest BCUT2D eigenvalue weighted by molar-refractivity contribution is 7.10. The molecule has 7 nitrogen and oxygen atoms in total. The Morgan fingerprint density at radius 2 is 1.70 bits per heavy atom. The van der Waals surface area contributed by atoms with Crippen LogP contribution in [0.25, 0.3) is 0 Å². The smallest absolute Gasteiger partial charge is 0.251 e. The van der Waals surface area contributed by atoms with Gasteiger partial charge in [-0.3, -0.25) is 9.59 Å². The minimum Gasteiger partial charge on any atom is -0.504 e. The van der Waals surface area contributed by atoms with Gasteiger partial charge in [0.25, 0.3) is 5.91 Å². The van der Waals surface area contributed by atoms with Crippen LogP contribution >= 0.6 is 11.3 Å². The van der Waals surface area contributed by atoms with Crippen molar-refractivity contribution in [2.45, 2.75) is 6.42 Å². The third-order valence-corrected chi connectivity index (χ3v) is 3.86. The fourth-order valence-corrected chi connectivity index (χ4v) is 2.55. The third-order valence-electron chi connectivity index (χ3n) is 2.98. The van der Waals surface area contributed by atoms with Crippen LogP contribution in [0.2, 0.25) is 0 Å². The summed E-state index contributed by atoms with van der Waals surface area (Å²) in [5.41, 5.74) is 0.00251. The van der Waals surface area contributed by atoms with Gasteiger partial charge in [0.1, 0.15) is 0 Å². The summed E-state index contributed by atoms with van der Waals surface area (Å²) in [5, 5.41) is 35.0. The highest BCUT2D eigenvalue weighted by Crippen LogP contribution is 2.35. The van der Waals surface area contributed by atoms with Gasteiger partial charge < -0.3 is 26.0 Å². The minimum absolute atomic E-state index is 0.00251. The number of amides is 2. The van der Waals surface area contributed by atoms with E-state index >= 15 is 0 Å². The lowest BCUT2D eigenvalue weighted by atomic mass is 10.1. The quantitative estimate of drug-likeness (QED) is 0.397. The Morgan fingerprint density at radius 1 is 1.04 bits per heavy atom. The van der Waals surface area contributed by atoms with Crippen molar-refractivity contribution in [3.63, 3.8) is 0 Å². The second kappa shape index (κ2) is 7.50. The molecule has 0 fully saturated rings. The van der Waals surface area contributed by atoms with Crippen molar-refractivity contribution < 1.29 is 24.9 Å². The van der Waals surface area contributed by atoms with Crippen molar-refractivity contribution in [3.05, 3.63) is 40.1 Å². The predicted octanol–water partition coefficient (Wildman–Crippen LogP) is 0.954. The first-order valence-electron chi connectivity index (χ1n) is 6.79. The standard InChI is InChI=1S/C15H16N2O5S/c18-11-6-9(7-12(19)14(11)21)15(22)17-4-3-16-13(20)8-10-2-1-5-23-10/h1-2,5-7,18-19,21H,3-4,8H2,(H,16,20)(H,17,22). The molecular formula is C15H16N2O5S. The number of hydrogen-bond donors (Lipinski definition) is 5. The van der Waals surface area contributed by atoms with Gasteiger partial charge in [-0.25, -0.2) is 0 Å². The number of phenolic OH excluding ortho intramolecular Hbond substituents is 3. The molecule has 0 aliphatic heterocycles. The Bertz CT molecular complexity index is 677. The van der Waals surface area contributed by atoms with Crippen LogP contribution in [0.5, 0.6) is 17.2 Å². The molecule has 0 atom stereocenters. The lowest BCUT2D eigenvalue weighted by Crippen LogP contribution is -2.35. The van der Waals surface area contributed by atoms with Crippen LogP contribution in [-0.2, 0) is 11.2 Å². The molecule has 0 spiro atoms. The summed E-state index contributed by atoms with van der Waals surface area (Å²) in [6.07, 6.45) is 0.297. The van der Waals surface area contributed by atoms with Crippen LogP contribution in [0.3, 0.4) is 0 Å². The minimum atomic E-state index is -0.678. The van der Waals surface area contributed by atoms with E-state index in [0.29, 0.717) is 6.42 Å². The van der Waals surface area contributed by atoms with Crippen LogP contribution in [0.15, 0.2) is 29.6 Å². The molecular weight excluding hydrogens is 320 g/mol. The average Bonchev–Trinajstić information content (AvgIpc) is 3.01. The van der Waals surface area contributed by atoms with Gasteiger partial charge in [-0.15, -0.1) is 11.3 Å². The van der Waals surface area contributed by atoms with Gasteiger partial charge in [-0.1, -0.05) is 6.07 Å². The lowest BCUT2D eigenvalue weighted by Gasteiger charge is -2.08. The zero-order valence-corrected chi connectivity index (χ0v) is 12.9. The molecule has 1 aromatic carbocycles. The lowest BCUT2D eigenvalue weighted by molar-refractivity contribution is -0.120. The van der Waals surface area contributed by atoms with Crippen molar-refractivity contribution in [2.75, 3.05) is 13.1 Å². The fraction of sp³-hybridized carbons (Fsp3) is 0.200. The van der Waals surface area contributed by atoms with E-state index in [4.69, 9.17) is 0 Å². The monoisotopic (exact) mass is 336 g/mol. The Hall–Kier alpha value is -2.74. The number of benzene rings is 1. The Labute approximate surface area is 136 Å². The molecule has 5 N–H and O–H groups in total. The second-order valence-corrected chi connectivity index (χ2v) is 5.76. The Morgan fingerprint density at radius 3 is 2.30 bits per heavy atom. The summed E-state index contributed by atoms with van der Waals surface area (Å²) >= 11 is 1.50. The fourth-order valence-electron chi connectivity index (χ4n) is 1.85. The first-order valence-corrected chi connectivity index (χ1v) is 7.67. The molecule has 2 amide bonds. The Balaban J connectivity index is 1.75. The Kier molecular flexibility index (Phi) is 5.42. The van der Waals surface area contributed by atoms with E-state index in [1.807, 2.05) is 17.5 Å². The topological polar surface area (TPSA) is 119 Å². The summed E-state index contributed by atoms with van der Waals surface area (Å²) in [7, 11) is 0. The van der Waals surface area contributed by atoms with Crippen LogP contribution < -0.4 is 10.6 Å². The normalized spacial score (nSPS) is 10.3. The van der Waals surface area contributed by atoms with Gasteiger partial charge in [0.05, 0.1) is 6.42 Å². The number of nitrogens with one attached hydrogen (secondary N) is 2. The SMILES string of the molecule is O=C(Cc1cccs1)NCCNC(=O)c1cc(O)c(O)c(O)c1. The zero-order chi connectivity index (χ0) is 16.8. The second-order valence-electron chi connectivity index (χ2n) is 4.73. The summed E-state index contributed by atoms with van der Waals surface area (Å²) in [5.74, 6) is -2.52. The molecule has 0 radical (unpaired) electrons. The molecule has 1 aromatic heterocycles. The highest BCUT2D eigenvalue weighted by atomic mass is 32.1. The molecule has 8 heteroatoms. The average molecular weight is 336 g/mol. The van der Waals surface area contributed by atoms with E-state index in [0.717, 1.165) is 17.0 Å². The molecule has 2 aromatic rings. The van der Waals surface area contributed by atoms with Crippen LogP contribution in [0.1, 0.15) is 15.2 Å². The number of phenols is 3. The van der Waals surface area contributed by atoms with E-state index in [1.165, 1.54) is 11.3 Å². The molecule has 0 unspecified atom stereocenters. The number of hydrogen-bond acceptors (Lipinski definition) is 6. The maximum absolute atomic E-state index is 11.8. The van der Waals surface area contributed by atoms with E-state index in [-0.39, 0.29) is 24.6 Å². The number of rotatable bonds is 6. The maximum Gasteiger partial charge on any atom is 0.251 e. The first-order chi connectivity index (χ1) is 11.0. The first kappa shape index (κ1) is 16.6. The number of aromatic hydroxyl groups is 3. The van der Waals surface area contributed by atoms with Crippen LogP contribution in [0.4, 0.5) is 0 Å². The van der Waals surface area contributed by atoms with E-state index in [9.17, 15) is 24.9 Å². The molecule has 0 saturated heterocycles. The van der Waals surface area contributed by atoms with Gasteiger partial charge >= 0.3 is 0 Å². The van der Waals surface area contributed by atoms with E-state index < -0.39 is 23.2 Å². The van der Waals surface area contributed by atoms with Gasteiger partial charge in [0.2, 0.25) is 5.91 Å². The van der Waals surface area contributed by atoms with Gasteiger partial charge in [-0.2, -0.15) is 0 Å². The molecule has 0 bridgehead atoms. The largest absolute Gasteiger partial charge is 0.504 e. The van der Waals surface area contributed by atoms with Gasteiger partial charge in [-0.05, 0) is 23.6 Å². The van der Waals surface area contributed by atoms with Crippen LogP contribution in [-0.4, -0.2) is 40.2 Å². The highest BCUT2D eigenvalue weighted by Gasteiger charge is 2.13. The van der Waals surface area contributed by atoms with Crippen molar-refractivity contribution in [1.29, 1.82) is 0 Å². The van der Waals surface area contributed by atoms with Crippen molar-refractivity contribution in [3.8, 4) is 17.2 Å². The maximum atomic E-state index is 11.8. The summed E-state index contributed by atoms with van der Waals surface area (Å²) in [6, 6.07) is 5.82. The van der Waals surface area contributed by atoms with Crippen LogP contribution in [0, 0.1) is 0 Å². The van der Waals surface area contributed by atoms with Crippen molar-refractivity contribution >= 4 is 23.2 Å². The van der Waals surface area contributed by atoms with E-state index in [1.54, 1.807) is 0 Å². The molecule has 0 saturated carbocycles. The van der Waals surface area contributed by atoms with Gasteiger partial charge in [0.15, 0.2) is 17.2 Å². The predicted molar refractivity (Wildman–Crippen MR) is 84.8 cm³/mol. The summed E-state index contributed by atoms with van der Waals surface area (Å²) < 4.78 is 0. The molecule has 1 heterocycles. The van der Waals surface area contributed by atoms with Crippen molar-refractivity contribution in [1.82, 2.24) is 10.6 Å². The molecule has 0 aliphatic rings. The number of thiophene rings is 1. The molecule has 2 rings (SSSR count). The van der Waals surface area contributed by atoms with Gasteiger partial charge in [0, 0.05) is 23.5 Å². The summed E-state index contributed by atoms with van der Waals surface area (Å²) in [4.78, 5) is 24.4. The molecule has 23 heavy (non-hydrogen) atoms. The van der Waals surface area contributed by atoms with E-state index in [2.05, 4.69) is 10.6 Å². The third kappa shape index (κ3) is 4.62. The number of carbonyl (C=O) groups is 2. The summed E-state index contributed by atoms with van der Waals surface area (Å²) in [6.45, 7) is 0.448.